The van der Waals surface area contributed by atoms with Gasteiger partial charge in [0.1, 0.15) is 0 Å². The molecule has 1 saturated heterocycles. The lowest BCUT2D eigenvalue weighted by Crippen LogP contribution is -2.27. The molecule has 0 aliphatic carbocycles. The van der Waals surface area contributed by atoms with Crippen molar-refractivity contribution in [3.63, 3.8) is 0 Å². The topological polar surface area (TPSA) is 49.4 Å². The Morgan fingerprint density at radius 2 is 1.95 bits per heavy atom. The minimum Gasteiger partial charge on any atom is -0.339 e. The Hall–Kier alpha value is -1.84. The first-order valence-electron chi connectivity index (χ1n) is 7.90. The minimum atomic E-state index is 0.0224. The largest absolute Gasteiger partial charge is 0.339 e. The molecule has 21 heavy (non-hydrogen) atoms. The summed E-state index contributed by atoms with van der Waals surface area (Å²) >= 11 is 0. The predicted octanol–water partition coefficient (Wildman–Crippen LogP) is 3.44. The number of hydrogen-bond acceptors (Lipinski definition) is 2. The fraction of sp³-hybridized carbons (Fsp3) is 0.529. The normalized spacial score (nSPS) is 14.2. The van der Waals surface area contributed by atoms with Gasteiger partial charge in [-0.15, -0.1) is 0 Å². The van der Waals surface area contributed by atoms with Crippen LogP contribution in [0.25, 0.3) is 0 Å². The van der Waals surface area contributed by atoms with Crippen LogP contribution in [0.2, 0.25) is 0 Å². The van der Waals surface area contributed by atoms with Gasteiger partial charge in [-0.1, -0.05) is 25.8 Å². The Balaban J connectivity index is 1.94. The summed E-state index contributed by atoms with van der Waals surface area (Å²) in [4.78, 5) is 26.0. The number of likely N-dealkylation sites (tertiary alicyclic amines) is 1. The van der Waals surface area contributed by atoms with Crippen LogP contribution in [0.1, 0.15) is 55.8 Å². The Kier molecular flexibility index (Phi) is 5.78. The zero-order valence-corrected chi connectivity index (χ0v) is 12.7. The van der Waals surface area contributed by atoms with Gasteiger partial charge in [0, 0.05) is 30.8 Å². The second kappa shape index (κ2) is 7.81. The third-order valence-corrected chi connectivity index (χ3v) is 3.79. The summed E-state index contributed by atoms with van der Waals surface area (Å²) in [6.07, 6.45) is 5.79. The maximum absolute atomic E-state index is 12.3. The van der Waals surface area contributed by atoms with Gasteiger partial charge >= 0.3 is 0 Å². The molecule has 0 unspecified atom stereocenters. The maximum atomic E-state index is 12.3. The highest BCUT2D eigenvalue weighted by atomic mass is 16.2. The molecule has 114 valence electrons. The first kappa shape index (κ1) is 15.5. The molecule has 0 aromatic heterocycles. The molecule has 2 rings (SSSR count). The molecule has 4 heteroatoms. The van der Waals surface area contributed by atoms with E-state index in [2.05, 4.69) is 12.2 Å². The number of unbranched alkanes of at least 4 members (excludes halogenated alkanes) is 2. The molecule has 0 atom stereocenters. The van der Waals surface area contributed by atoms with E-state index in [1.807, 2.05) is 23.1 Å². The summed E-state index contributed by atoms with van der Waals surface area (Å²) in [5.41, 5.74) is 1.37. The van der Waals surface area contributed by atoms with Crippen molar-refractivity contribution in [2.75, 3.05) is 18.4 Å². The standard InChI is InChI=1S/C17H24N2O2/c1-2-3-4-10-16(20)18-15-9-7-8-14(13-15)17(21)19-11-5-6-12-19/h7-9,13H,2-6,10-12H2,1H3,(H,18,20). The fourth-order valence-corrected chi connectivity index (χ4v) is 2.59. The lowest BCUT2D eigenvalue weighted by Gasteiger charge is -2.15. The molecule has 4 nitrogen and oxygen atoms in total. The number of amides is 2. The van der Waals surface area contributed by atoms with Crippen LogP contribution in [0.4, 0.5) is 5.69 Å². The van der Waals surface area contributed by atoms with Gasteiger partial charge in [-0.3, -0.25) is 9.59 Å². The average molecular weight is 288 g/mol. The van der Waals surface area contributed by atoms with Crippen LogP contribution >= 0.6 is 0 Å². The van der Waals surface area contributed by atoms with Crippen LogP contribution in [-0.2, 0) is 4.79 Å². The van der Waals surface area contributed by atoms with E-state index in [0.29, 0.717) is 17.7 Å². The molecule has 2 amide bonds. The molecule has 1 heterocycles. The second-order valence-electron chi connectivity index (χ2n) is 5.59. The third-order valence-electron chi connectivity index (χ3n) is 3.79. The molecule has 0 radical (unpaired) electrons. The smallest absolute Gasteiger partial charge is 0.253 e. The third kappa shape index (κ3) is 4.59. The van der Waals surface area contributed by atoms with E-state index in [-0.39, 0.29) is 11.8 Å². The quantitative estimate of drug-likeness (QED) is 0.815. The lowest BCUT2D eigenvalue weighted by molar-refractivity contribution is -0.116. The van der Waals surface area contributed by atoms with E-state index in [4.69, 9.17) is 0 Å². The molecule has 1 fully saturated rings. The number of nitrogens with zero attached hydrogens (tertiary/aromatic N) is 1. The molecule has 0 saturated carbocycles. The van der Waals surface area contributed by atoms with E-state index >= 15 is 0 Å². The van der Waals surface area contributed by atoms with Crippen molar-refractivity contribution in [3.05, 3.63) is 29.8 Å². The van der Waals surface area contributed by atoms with Crippen molar-refractivity contribution < 1.29 is 9.59 Å². The van der Waals surface area contributed by atoms with Gasteiger partial charge in [0.15, 0.2) is 0 Å². The van der Waals surface area contributed by atoms with Crippen molar-refractivity contribution >= 4 is 17.5 Å². The fourth-order valence-electron chi connectivity index (χ4n) is 2.59. The zero-order chi connectivity index (χ0) is 15.1. The summed E-state index contributed by atoms with van der Waals surface area (Å²) in [7, 11) is 0. The summed E-state index contributed by atoms with van der Waals surface area (Å²) < 4.78 is 0. The van der Waals surface area contributed by atoms with Gasteiger partial charge in [0.05, 0.1) is 0 Å². The number of hydrogen-bond donors (Lipinski definition) is 1. The molecule has 1 aromatic carbocycles. The average Bonchev–Trinajstić information content (AvgIpc) is 3.01. The van der Waals surface area contributed by atoms with Crippen molar-refractivity contribution in [2.24, 2.45) is 0 Å². The zero-order valence-electron chi connectivity index (χ0n) is 12.7. The van der Waals surface area contributed by atoms with Crippen LogP contribution in [0.5, 0.6) is 0 Å². The molecular weight excluding hydrogens is 264 g/mol. The highest BCUT2D eigenvalue weighted by Crippen LogP contribution is 2.16. The summed E-state index contributed by atoms with van der Waals surface area (Å²) in [5.74, 6) is 0.0869. The summed E-state index contributed by atoms with van der Waals surface area (Å²) in [5, 5.41) is 2.88. The van der Waals surface area contributed by atoms with Gasteiger partial charge in [-0.05, 0) is 37.5 Å². The number of rotatable bonds is 6. The van der Waals surface area contributed by atoms with Crippen LogP contribution in [0.3, 0.4) is 0 Å². The van der Waals surface area contributed by atoms with Crippen LogP contribution in [0.15, 0.2) is 24.3 Å². The van der Waals surface area contributed by atoms with Gasteiger partial charge in [0.2, 0.25) is 5.91 Å². The van der Waals surface area contributed by atoms with Crippen molar-refractivity contribution in [3.8, 4) is 0 Å². The van der Waals surface area contributed by atoms with E-state index in [0.717, 1.165) is 45.2 Å². The maximum Gasteiger partial charge on any atom is 0.253 e. The van der Waals surface area contributed by atoms with Gasteiger partial charge in [-0.25, -0.2) is 0 Å². The van der Waals surface area contributed by atoms with E-state index < -0.39 is 0 Å². The van der Waals surface area contributed by atoms with Crippen LogP contribution in [0, 0.1) is 0 Å². The second-order valence-corrected chi connectivity index (χ2v) is 5.59. The lowest BCUT2D eigenvalue weighted by atomic mass is 10.1. The van der Waals surface area contributed by atoms with Gasteiger partial charge in [-0.2, -0.15) is 0 Å². The molecule has 1 N–H and O–H groups in total. The van der Waals surface area contributed by atoms with E-state index in [1.54, 1.807) is 6.07 Å². The Morgan fingerprint density at radius 1 is 1.19 bits per heavy atom. The monoisotopic (exact) mass is 288 g/mol. The molecule has 0 bridgehead atoms. The van der Waals surface area contributed by atoms with E-state index in [1.165, 1.54) is 0 Å². The molecule has 0 spiro atoms. The Morgan fingerprint density at radius 3 is 2.67 bits per heavy atom. The SMILES string of the molecule is CCCCCC(=O)Nc1cccc(C(=O)N2CCCC2)c1. The number of carbonyl (C=O) groups excluding carboxylic acids is 2. The first-order valence-corrected chi connectivity index (χ1v) is 7.90. The summed E-state index contributed by atoms with van der Waals surface area (Å²) in [6.45, 7) is 3.80. The number of carbonyl (C=O) groups is 2. The van der Waals surface area contributed by atoms with Gasteiger partial charge in [0.25, 0.3) is 5.91 Å². The molecule has 1 aromatic rings. The number of benzene rings is 1. The molecule has 1 aliphatic rings. The van der Waals surface area contributed by atoms with Crippen LogP contribution in [-0.4, -0.2) is 29.8 Å². The number of nitrogens with one attached hydrogen (secondary N) is 1. The molecular formula is C17H24N2O2. The first-order chi connectivity index (χ1) is 10.2. The summed E-state index contributed by atoms with van der Waals surface area (Å²) in [6, 6.07) is 7.25. The highest BCUT2D eigenvalue weighted by molar-refractivity contribution is 5.97. The number of anilines is 1. The minimum absolute atomic E-state index is 0.0224. The van der Waals surface area contributed by atoms with E-state index in [9.17, 15) is 9.59 Å². The van der Waals surface area contributed by atoms with Gasteiger partial charge < -0.3 is 10.2 Å². The Labute approximate surface area is 126 Å². The van der Waals surface area contributed by atoms with Crippen LogP contribution < -0.4 is 5.32 Å². The van der Waals surface area contributed by atoms with Crippen molar-refractivity contribution in [1.29, 1.82) is 0 Å². The predicted molar refractivity (Wildman–Crippen MR) is 84.4 cm³/mol. The Bertz CT molecular complexity index is 493. The van der Waals surface area contributed by atoms with Crippen molar-refractivity contribution in [2.45, 2.75) is 45.4 Å². The highest BCUT2D eigenvalue weighted by Gasteiger charge is 2.19. The molecule has 1 aliphatic heterocycles. The van der Waals surface area contributed by atoms with Crippen molar-refractivity contribution in [1.82, 2.24) is 4.90 Å².